The van der Waals surface area contributed by atoms with E-state index in [1.165, 1.54) is 13.2 Å². The zero-order valence-electron chi connectivity index (χ0n) is 7.14. The summed E-state index contributed by atoms with van der Waals surface area (Å²) in [4.78, 5) is 0. The third kappa shape index (κ3) is 1.91. The summed E-state index contributed by atoms with van der Waals surface area (Å²) in [6, 6.07) is 3.02. The number of hydrogen-bond acceptors (Lipinski definition) is 2. The lowest BCUT2D eigenvalue weighted by atomic mass is 10.2. The Kier molecular flexibility index (Phi) is 3.08. The number of hydrogen-bond donors (Lipinski definition) is 0. The second kappa shape index (κ2) is 3.91. The normalized spacial score (nSPS) is 9.92. The van der Waals surface area contributed by atoms with E-state index in [4.69, 9.17) is 4.74 Å². The molecule has 1 aromatic carbocycles. The van der Waals surface area contributed by atoms with Crippen LogP contribution in [0.15, 0.2) is 12.1 Å². The van der Waals surface area contributed by atoms with Crippen molar-refractivity contribution < 1.29 is 13.6 Å². The van der Waals surface area contributed by atoms with Crippen molar-refractivity contribution in [3.05, 3.63) is 23.5 Å². The maximum Gasteiger partial charge on any atom is 0.192 e. The van der Waals surface area contributed by atoms with Gasteiger partial charge in [0, 0.05) is 0 Å². The van der Waals surface area contributed by atoms with Crippen molar-refractivity contribution in [2.75, 3.05) is 11.3 Å². The lowest BCUT2D eigenvalue weighted by Gasteiger charge is -2.11. The molecule has 0 unspecified atom stereocenters. The molecule has 2 nitrogen and oxygen atoms in total. The van der Waals surface area contributed by atoms with E-state index < -0.39 is 5.82 Å². The van der Waals surface area contributed by atoms with Gasteiger partial charge < -0.3 is 4.74 Å². The summed E-state index contributed by atoms with van der Waals surface area (Å²) < 4.78 is 30.8. The number of benzene rings is 1. The van der Waals surface area contributed by atoms with Crippen molar-refractivity contribution in [1.82, 2.24) is 0 Å². The highest BCUT2D eigenvalue weighted by atomic mass is 79.9. The van der Waals surface area contributed by atoms with Gasteiger partial charge in [-0.15, -0.1) is 4.15 Å². The molecule has 5 heteroatoms. The third-order valence-electron chi connectivity index (χ3n) is 1.67. The van der Waals surface area contributed by atoms with Crippen LogP contribution >= 0.6 is 16.1 Å². The van der Waals surface area contributed by atoms with Crippen molar-refractivity contribution in [3.63, 3.8) is 0 Å². The van der Waals surface area contributed by atoms with Gasteiger partial charge >= 0.3 is 0 Å². The molecule has 0 heterocycles. The van der Waals surface area contributed by atoms with Crippen LogP contribution in [0, 0.1) is 12.7 Å². The SMILES string of the molecule is COc1ccc(C)c(N(F)Br)c1F. The van der Waals surface area contributed by atoms with Crippen LogP contribution < -0.4 is 8.88 Å². The molecule has 1 rings (SSSR count). The third-order valence-corrected chi connectivity index (χ3v) is 2.03. The Morgan fingerprint density at radius 2 is 2.08 bits per heavy atom. The Balaban J connectivity index is 3.30. The minimum atomic E-state index is -0.720. The molecule has 0 aromatic heterocycles. The standard InChI is InChI=1S/C8H8BrF2NO/c1-5-3-4-6(13-2)7(10)8(5)12(9)11/h3-4H,1-2H3. The number of methoxy groups -OCH3 is 1. The Morgan fingerprint density at radius 1 is 1.46 bits per heavy atom. The van der Waals surface area contributed by atoms with Crippen LogP contribution in [0.5, 0.6) is 5.75 Å². The van der Waals surface area contributed by atoms with E-state index in [-0.39, 0.29) is 15.6 Å². The molecule has 0 aliphatic rings. The summed E-state index contributed by atoms with van der Waals surface area (Å²) >= 11 is 2.52. The Hall–Kier alpha value is -0.840. The zero-order valence-corrected chi connectivity index (χ0v) is 8.73. The van der Waals surface area contributed by atoms with Gasteiger partial charge in [-0.25, -0.2) is 4.39 Å². The average molecular weight is 252 g/mol. The van der Waals surface area contributed by atoms with Gasteiger partial charge in [-0.2, -0.15) is 0 Å². The molecule has 1 aromatic rings. The molecule has 0 saturated heterocycles. The van der Waals surface area contributed by atoms with Crippen molar-refractivity contribution in [3.8, 4) is 5.75 Å². The van der Waals surface area contributed by atoms with E-state index in [2.05, 4.69) is 16.1 Å². The highest BCUT2D eigenvalue weighted by molar-refractivity contribution is 9.10. The molecular weight excluding hydrogens is 244 g/mol. The summed E-state index contributed by atoms with van der Waals surface area (Å²) in [6.45, 7) is 1.60. The van der Waals surface area contributed by atoms with Crippen LogP contribution in [-0.2, 0) is 0 Å². The second-order valence-corrected chi connectivity index (χ2v) is 3.10. The lowest BCUT2D eigenvalue weighted by Crippen LogP contribution is -2.01. The molecule has 0 fully saturated rings. The van der Waals surface area contributed by atoms with Gasteiger partial charge in [0.1, 0.15) is 5.69 Å². The van der Waals surface area contributed by atoms with Gasteiger partial charge in [-0.3, -0.25) is 0 Å². The van der Waals surface area contributed by atoms with Gasteiger partial charge in [0.05, 0.1) is 23.3 Å². The maximum atomic E-state index is 13.3. The lowest BCUT2D eigenvalue weighted by molar-refractivity contribution is 0.384. The summed E-state index contributed by atoms with van der Waals surface area (Å²) in [5.41, 5.74) is 0.317. The molecule has 0 atom stereocenters. The van der Waals surface area contributed by atoms with Crippen LogP contribution in [0.1, 0.15) is 5.56 Å². The van der Waals surface area contributed by atoms with E-state index in [1.54, 1.807) is 13.0 Å². The van der Waals surface area contributed by atoms with Crippen molar-refractivity contribution in [2.45, 2.75) is 6.92 Å². The second-order valence-electron chi connectivity index (χ2n) is 2.48. The Bertz CT molecular complexity index is 317. The highest BCUT2D eigenvalue weighted by Crippen LogP contribution is 2.32. The monoisotopic (exact) mass is 251 g/mol. The molecule has 0 radical (unpaired) electrons. The predicted octanol–water partition coefficient (Wildman–Crippen LogP) is 3.14. The fourth-order valence-corrected chi connectivity index (χ4v) is 1.44. The Labute approximate surface area is 83.4 Å². The van der Waals surface area contributed by atoms with Crippen LogP contribution in [0.4, 0.5) is 14.6 Å². The molecule has 0 bridgehead atoms. The minimum absolute atomic E-state index is 0.0164. The quantitative estimate of drug-likeness (QED) is 0.749. The molecule has 0 N–H and O–H groups in total. The van der Waals surface area contributed by atoms with Crippen LogP contribution in [0.2, 0.25) is 0 Å². The summed E-state index contributed by atoms with van der Waals surface area (Å²) in [6.07, 6.45) is 0. The van der Waals surface area contributed by atoms with Gasteiger partial charge in [0.2, 0.25) is 0 Å². The van der Waals surface area contributed by atoms with Gasteiger partial charge in [0.15, 0.2) is 11.6 Å². The van der Waals surface area contributed by atoms with E-state index in [0.717, 1.165) is 0 Å². The van der Waals surface area contributed by atoms with Crippen molar-refractivity contribution in [1.29, 1.82) is 0 Å². The van der Waals surface area contributed by atoms with Crippen molar-refractivity contribution >= 4 is 21.8 Å². The Morgan fingerprint density at radius 3 is 2.54 bits per heavy atom. The first kappa shape index (κ1) is 10.2. The first-order chi connectivity index (χ1) is 6.07. The maximum absolute atomic E-state index is 13.3. The van der Waals surface area contributed by atoms with Gasteiger partial charge in [0.25, 0.3) is 0 Å². The number of rotatable bonds is 2. The van der Waals surface area contributed by atoms with Crippen molar-refractivity contribution in [2.24, 2.45) is 0 Å². The molecule has 72 valence electrons. The smallest absolute Gasteiger partial charge is 0.192 e. The topological polar surface area (TPSA) is 12.5 Å². The molecule has 0 spiro atoms. The predicted molar refractivity (Wildman–Crippen MR) is 50.2 cm³/mol. The first-order valence-electron chi connectivity index (χ1n) is 3.52. The van der Waals surface area contributed by atoms with Gasteiger partial charge in [-0.05, 0) is 18.6 Å². The number of nitrogens with zero attached hydrogens (tertiary/aromatic N) is 1. The van der Waals surface area contributed by atoms with Crippen LogP contribution in [-0.4, -0.2) is 7.11 Å². The van der Waals surface area contributed by atoms with E-state index in [1.807, 2.05) is 0 Å². The molecule has 0 aliphatic heterocycles. The summed E-state index contributed by atoms with van der Waals surface area (Å²) in [5.74, 6) is -0.704. The average Bonchev–Trinajstić information content (AvgIpc) is 2.04. The molecule has 0 saturated carbocycles. The summed E-state index contributed by atoms with van der Waals surface area (Å²) in [5, 5.41) is 0. The molecule has 0 amide bonds. The first-order valence-corrected chi connectivity index (χ1v) is 4.23. The number of halogens is 3. The minimum Gasteiger partial charge on any atom is -0.494 e. The van der Waals surface area contributed by atoms with Crippen LogP contribution in [0.3, 0.4) is 0 Å². The zero-order chi connectivity index (χ0) is 10.0. The van der Waals surface area contributed by atoms with E-state index in [9.17, 15) is 8.87 Å². The molecular formula is C8H8BrF2NO. The number of ether oxygens (including phenoxy) is 1. The van der Waals surface area contributed by atoms with Crippen LogP contribution in [0.25, 0.3) is 0 Å². The molecule has 13 heavy (non-hydrogen) atoms. The highest BCUT2D eigenvalue weighted by Gasteiger charge is 2.16. The fraction of sp³-hybridized carbons (Fsp3) is 0.250. The van der Waals surface area contributed by atoms with E-state index >= 15 is 0 Å². The summed E-state index contributed by atoms with van der Waals surface area (Å²) in [7, 11) is 1.33. The number of anilines is 1. The van der Waals surface area contributed by atoms with E-state index in [0.29, 0.717) is 5.56 Å². The molecule has 0 aliphatic carbocycles. The fourth-order valence-electron chi connectivity index (χ4n) is 1.01. The van der Waals surface area contributed by atoms with Gasteiger partial charge in [-0.1, -0.05) is 10.5 Å². The largest absolute Gasteiger partial charge is 0.494 e. The number of aryl methyl sites for hydroxylation is 1.